The Hall–Kier alpha value is -3.36. The van der Waals surface area contributed by atoms with Gasteiger partial charge in [0.2, 0.25) is 0 Å². The number of amides is 1. The molecule has 3 aromatic rings. The van der Waals surface area contributed by atoms with Crippen molar-refractivity contribution < 1.29 is 17.9 Å². The number of carbonyl (C=O) groups is 1. The summed E-state index contributed by atoms with van der Waals surface area (Å²) in [4.78, 5) is 15.1. The van der Waals surface area contributed by atoms with Crippen molar-refractivity contribution >= 4 is 27.3 Å². The van der Waals surface area contributed by atoms with Crippen LogP contribution in [0.15, 0.2) is 77.7 Å². The van der Waals surface area contributed by atoms with Crippen LogP contribution in [0.25, 0.3) is 0 Å². The van der Waals surface area contributed by atoms with E-state index in [4.69, 9.17) is 4.74 Å². The van der Waals surface area contributed by atoms with Gasteiger partial charge in [-0.2, -0.15) is 0 Å². The number of hydrogen-bond donors (Lipinski definition) is 1. The standard InChI is InChI=1S/C26H29N3O4S/c1-20-3-13-25(14-4-20)34(31,32)28(2)23-11-7-22(8-12-23)26(30)27-19-21-5-9-24(10-6-21)29-15-17-33-18-16-29/h3-14H,15-19H2,1-2H3,(H,27,30). The third kappa shape index (κ3) is 5.40. The molecular formula is C26H29N3O4S. The monoisotopic (exact) mass is 479 g/mol. The summed E-state index contributed by atoms with van der Waals surface area (Å²) in [6, 6.07) is 21.4. The number of sulfonamides is 1. The third-order valence-corrected chi connectivity index (χ3v) is 7.74. The number of ether oxygens (including phenoxy) is 1. The summed E-state index contributed by atoms with van der Waals surface area (Å²) in [5, 5.41) is 2.92. The molecule has 8 heteroatoms. The maximum atomic E-state index is 12.9. The van der Waals surface area contributed by atoms with Gasteiger partial charge in [0, 0.05) is 37.9 Å². The van der Waals surface area contributed by atoms with Gasteiger partial charge in [-0.25, -0.2) is 8.42 Å². The second kappa shape index (κ2) is 10.3. The van der Waals surface area contributed by atoms with Crippen LogP contribution in [0.4, 0.5) is 11.4 Å². The normalized spacial score (nSPS) is 14.0. The van der Waals surface area contributed by atoms with E-state index in [1.165, 1.54) is 11.4 Å². The second-order valence-electron chi connectivity index (χ2n) is 8.28. The molecule has 1 N–H and O–H groups in total. The lowest BCUT2D eigenvalue weighted by Crippen LogP contribution is -2.36. The predicted molar refractivity (Wildman–Crippen MR) is 134 cm³/mol. The molecule has 34 heavy (non-hydrogen) atoms. The Balaban J connectivity index is 1.36. The number of hydrogen-bond acceptors (Lipinski definition) is 5. The fourth-order valence-corrected chi connectivity index (χ4v) is 4.96. The SMILES string of the molecule is Cc1ccc(S(=O)(=O)N(C)c2ccc(C(=O)NCc3ccc(N4CCOCC4)cc3)cc2)cc1. The van der Waals surface area contributed by atoms with Gasteiger partial charge in [0.1, 0.15) is 0 Å². The predicted octanol–water partition coefficient (Wildman–Crippen LogP) is 3.59. The highest BCUT2D eigenvalue weighted by molar-refractivity contribution is 7.92. The van der Waals surface area contributed by atoms with Gasteiger partial charge in [-0.15, -0.1) is 0 Å². The molecule has 0 aliphatic carbocycles. The maximum absolute atomic E-state index is 12.9. The van der Waals surface area contributed by atoms with Crippen LogP contribution < -0.4 is 14.5 Å². The van der Waals surface area contributed by atoms with Gasteiger partial charge in [0.25, 0.3) is 15.9 Å². The Kier molecular flexibility index (Phi) is 7.19. The van der Waals surface area contributed by atoms with Crippen LogP contribution in [0.1, 0.15) is 21.5 Å². The summed E-state index contributed by atoms with van der Waals surface area (Å²) in [7, 11) is -2.17. The van der Waals surface area contributed by atoms with Gasteiger partial charge in [0.05, 0.1) is 23.8 Å². The minimum atomic E-state index is -3.68. The zero-order chi connectivity index (χ0) is 24.1. The highest BCUT2D eigenvalue weighted by atomic mass is 32.2. The van der Waals surface area contributed by atoms with Gasteiger partial charge >= 0.3 is 0 Å². The van der Waals surface area contributed by atoms with Crippen molar-refractivity contribution in [1.82, 2.24) is 5.32 Å². The molecule has 0 spiro atoms. The third-order valence-electron chi connectivity index (χ3n) is 5.94. The molecule has 1 fully saturated rings. The van der Waals surface area contributed by atoms with Crippen molar-refractivity contribution in [2.24, 2.45) is 0 Å². The molecule has 178 valence electrons. The molecule has 7 nitrogen and oxygen atoms in total. The Bertz CT molecular complexity index is 1220. The molecule has 0 saturated carbocycles. The Morgan fingerprint density at radius 2 is 1.56 bits per heavy atom. The lowest BCUT2D eigenvalue weighted by molar-refractivity contribution is 0.0951. The van der Waals surface area contributed by atoms with Crippen LogP contribution in [-0.2, 0) is 21.3 Å². The lowest BCUT2D eigenvalue weighted by atomic mass is 10.1. The summed E-state index contributed by atoms with van der Waals surface area (Å²) in [6.07, 6.45) is 0. The molecule has 1 heterocycles. The van der Waals surface area contributed by atoms with Gasteiger partial charge in [-0.3, -0.25) is 9.10 Å². The van der Waals surface area contributed by atoms with E-state index in [0.29, 0.717) is 17.8 Å². The molecule has 0 atom stereocenters. The molecule has 1 saturated heterocycles. The molecule has 0 bridgehead atoms. The molecule has 1 aliphatic heterocycles. The van der Waals surface area contributed by atoms with Crippen molar-refractivity contribution in [3.63, 3.8) is 0 Å². The first kappa shape index (κ1) is 23.8. The average molecular weight is 480 g/mol. The highest BCUT2D eigenvalue weighted by Crippen LogP contribution is 2.23. The topological polar surface area (TPSA) is 79.0 Å². The Labute approximate surface area is 201 Å². The first-order chi connectivity index (χ1) is 16.3. The number of morpholine rings is 1. The zero-order valence-corrected chi connectivity index (χ0v) is 20.2. The van der Waals surface area contributed by atoms with Gasteiger partial charge in [-0.05, 0) is 61.0 Å². The number of nitrogens with zero attached hydrogens (tertiary/aromatic N) is 2. The average Bonchev–Trinajstić information content (AvgIpc) is 2.88. The number of rotatable bonds is 7. The number of aryl methyl sites for hydroxylation is 1. The van der Waals surface area contributed by atoms with E-state index in [9.17, 15) is 13.2 Å². The molecule has 0 radical (unpaired) electrons. The van der Waals surface area contributed by atoms with Crippen LogP contribution in [0.5, 0.6) is 0 Å². The first-order valence-corrected chi connectivity index (χ1v) is 12.6. The van der Waals surface area contributed by atoms with Gasteiger partial charge in [0.15, 0.2) is 0 Å². The number of benzene rings is 3. The Morgan fingerprint density at radius 1 is 0.941 bits per heavy atom. The molecule has 4 rings (SSSR count). The van der Waals surface area contributed by atoms with E-state index < -0.39 is 10.0 Å². The molecule has 1 aliphatic rings. The highest BCUT2D eigenvalue weighted by Gasteiger charge is 2.21. The molecular weight excluding hydrogens is 450 g/mol. The van der Waals surface area contributed by atoms with E-state index in [-0.39, 0.29) is 10.8 Å². The van der Waals surface area contributed by atoms with Crippen molar-refractivity contribution in [2.75, 3.05) is 42.6 Å². The van der Waals surface area contributed by atoms with Gasteiger partial charge in [-0.1, -0.05) is 29.8 Å². The largest absolute Gasteiger partial charge is 0.378 e. The Morgan fingerprint density at radius 3 is 2.18 bits per heavy atom. The molecule has 3 aromatic carbocycles. The smallest absolute Gasteiger partial charge is 0.264 e. The number of nitrogens with one attached hydrogen (secondary N) is 1. The fourth-order valence-electron chi connectivity index (χ4n) is 3.76. The van der Waals surface area contributed by atoms with Crippen LogP contribution in [0, 0.1) is 6.92 Å². The van der Waals surface area contributed by atoms with Crippen LogP contribution in [0.3, 0.4) is 0 Å². The second-order valence-corrected chi connectivity index (χ2v) is 10.3. The number of carbonyl (C=O) groups excluding carboxylic acids is 1. The van der Waals surface area contributed by atoms with Crippen molar-refractivity contribution in [2.45, 2.75) is 18.4 Å². The molecule has 1 amide bonds. The minimum absolute atomic E-state index is 0.215. The minimum Gasteiger partial charge on any atom is -0.378 e. The van der Waals surface area contributed by atoms with Crippen LogP contribution in [0.2, 0.25) is 0 Å². The zero-order valence-electron chi connectivity index (χ0n) is 19.4. The van der Waals surface area contributed by atoms with Crippen molar-refractivity contribution in [3.05, 3.63) is 89.5 Å². The summed E-state index contributed by atoms with van der Waals surface area (Å²) < 4.78 is 32.4. The summed E-state index contributed by atoms with van der Waals surface area (Å²) in [5.41, 5.74) is 4.10. The van der Waals surface area contributed by atoms with E-state index >= 15 is 0 Å². The summed E-state index contributed by atoms with van der Waals surface area (Å²) in [6.45, 7) is 5.56. The maximum Gasteiger partial charge on any atom is 0.264 e. The quantitative estimate of drug-likeness (QED) is 0.560. The van der Waals surface area contributed by atoms with Crippen molar-refractivity contribution in [1.29, 1.82) is 0 Å². The van der Waals surface area contributed by atoms with E-state index in [0.717, 1.165) is 43.1 Å². The van der Waals surface area contributed by atoms with Crippen LogP contribution >= 0.6 is 0 Å². The molecule has 0 unspecified atom stereocenters. The molecule has 0 aromatic heterocycles. The summed E-state index contributed by atoms with van der Waals surface area (Å²) in [5.74, 6) is -0.215. The van der Waals surface area contributed by atoms with Crippen LogP contribution in [-0.4, -0.2) is 47.7 Å². The van der Waals surface area contributed by atoms with Gasteiger partial charge < -0.3 is 15.0 Å². The lowest BCUT2D eigenvalue weighted by Gasteiger charge is -2.28. The van der Waals surface area contributed by atoms with E-state index in [1.807, 2.05) is 19.1 Å². The summed E-state index contributed by atoms with van der Waals surface area (Å²) >= 11 is 0. The van der Waals surface area contributed by atoms with E-state index in [1.54, 1.807) is 48.5 Å². The number of anilines is 2. The van der Waals surface area contributed by atoms with Crippen molar-refractivity contribution in [3.8, 4) is 0 Å². The van der Waals surface area contributed by atoms with E-state index in [2.05, 4.69) is 22.3 Å². The first-order valence-electron chi connectivity index (χ1n) is 11.2. The fraction of sp³-hybridized carbons (Fsp3) is 0.269.